The first-order chi connectivity index (χ1) is 14.6. The lowest BCUT2D eigenvalue weighted by molar-refractivity contribution is 0.154. The van der Waals surface area contributed by atoms with E-state index >= 15 is 0 Å². The lowest BCUT2D eigenvalue weighted by atomic mass is 10.1. The number of hydrogen-bond donors (Lipinski definition) is 3. The molecule has 3 N–H and O–H groups in total. The summed E-state index contributed by atoms with van der Waals surface area (Å²) < 4.78 is 41.7. The number of piperidine rings is 1. The third-order valence-electron chi connectivity index (χ3n) is 4.62. The smallest absolute Gasteiger partial charge is 0.487 e. The predicted octanol–water partition coefficient (Wildman–Crippen LogP) is 3.70. The highest BCUT2D eigenvalue weighted by molar-refractivity contribution is 7.32. The maximum atomic E-state index is 14.6. The summed E-state index contributed by atoms with van der Waals surface area (Å²) in [6, 6.07) is 6.41. The van der Waals surface area contributed by atoms with Crippen LogP contribution >= 0.6 is 8.25 Å². The number of pyridine rings is 1. The van der Waals surface area contributed by atoms with Crippen molar-refractivity contribution in [2.24, 2.45) is 0 Å². The Labute approximate surface area is 175 Å². The number of nitrogens with one attached hydrogen (secondary N) is 2. The van der Waals surface area contributed by atoms with Crippen LogP contribution in [-0.4, -0.2) is 42.3 Å². The van der Waals surface area contributed by atoms with E-state index in [0.717, 1.165) is 25.9 Å². The van der Waals surface area contributed by atoms with E-state index in [4.69, 9.17) is 14.4 Å². The molecule has 0 aliphatic carbocycles. The van der Waals surface area contributed by atoms with Gasteiger partial charge in [-0.25, -0.2) is 9.37 Å². The molecule has 1 aliphatic heterocycles. The fourth-order valence-electron chi connectivity index (χ4n) is 3.17. The average Bonchev–Trinajstić information content (AvgIpc) is 2.73. The van der Waals surface area contributed by atoms with Crippen LogP contribution in [-0.2, 0) is 15.5 Å². The minimum absolute atomic E-state index is 0.0318. The van der Waals surface area contributed by atoms with Crippen LogP contribution in [0.4, 0.5) is 15.9 Å². The van der Waals surface area contributed by atoms with Gasteiger partial charge >= 0.3 is 8.25 Å². The van der Waals surface area contributed by atoms with E-state index < -0.39 is 14.1 Å². The first-order valence-corrected chi connectivity index (χ1v) is 11.0. The minimum atomic E-state index is -2.66. The zero-order valence-electron chi connectivity index (χ0n) is 16.8. The Balaban J connectivity index is 1.74. The summed E-state index contributed by atoms with van der Waals surface area (Å²) in [5.41, 5.74) is 0.885. The second kappa shape index (κ2) is 11.2. The van der Waals surface area contributed by atoms with E-state index in [0.29, 0.717) is 35.9 Å². The number of halogens is 1. The fraction of sp³-hybridized carbons (Fsp3) is 0.450. The van der Waals surface area contributed by atoms with Crippen molar-refractivity contribution in [1.29, 1.82) is 0 Å². The number of nitrogens with zero attached hydrogens (tertiary/aromatic N) is 1. The van der Waals surface area contributed by atoms with Gasteiger partial charge in [-0.15, -0.1) is 9.42 Å². The van der Waals surface area contributed by atoms with Gasteiger partial charge in [0.1, 0.15) is 18.5 Å². The summed E-state index contributed by atoms with van der Waals surface area (Å²) in [6.07, 6.45) is 3.82. The van der Waals surface area contributed by atoms with Gasteiger partial charge in [-0.05, 0) is 50.6 Å². The van der Waals surface area contributed by atoms with Crippen LogP contribution in [0.5, 0.6) is 11.5 Å². The molecular formula is C20H26FN3O5P+. The van der Waals surface area contributed by atoms with Crippen molar-refractivity contribution in [2.45, 2.75) is 32.3 Å². The minimum Gasteiger partial charge on any atom is -0.487 e. The quantitative estimate of drug-likeness (QED) is 0.483. The molecule has 3 rings (SSSR count). The van der Waals surface area contributed by atoms with Gasteiger partial charge < -0.3 is 20.1 Å². The van der Waals surface area contributed by atoms with Crippen molar-refractivity contribution in [3.8, 4) is 11.5 Å². The van der Waals surface area contributed by atoms with E-state index in [1.54, 1.807) is 24.4 Å². The van der Waals surface area contributed by atoms with Gasteiger partial charge in [0.25, 0.3) is 0 Å². The van der Waals surface area contributed by atoms with Crippen LogP contribution < -0.4 is 20.1 Å². The van der Waals surface area contributed by atoms with Crippen molar-refractivity contribution in [1.82, 2.24) is 10.3 Å². The summed E-state index contributed by atoms with van der Waals surface area (Å²) in [5, 5.41) is 6.28. The molecule has 1 aromatic carbocycles. The summed E-state index contributed by atoms with van der Waals surface area (Å²) in [5.74, 6) is 0.918. The molecule has 8 nitrogen and oxygen atoms in total. The number of anilines is 2. The normalized spacial score (nSPS) is 15.0. The molecule has 1 atom stereocenters. The predicted molar refractivity (Wildman–Crippen MR) is 111 cm³/mol. The van der Waals surface area contributed by atoms with E-state index in [1.165, 1.54) is 6.07 Å². The standard InChI is InChI=1S/C20H25FN3O5P/c1-2-27-19-18(29-15-5-9-22-10-6-15)7-11-23-20(19)24-17-4-3-14(13-16(17)21)8-12-28-30(25)26/h3-4,7,11,13,15,22H,2,5-6,8-10,12H2,1H3,(H-,23,24,25,26)/p+1. The first-order valence-electron chi connectivity index (χ1n) is 9.90. The summed E-state index contributed by atoms with van der Waals surface area (Å²) >= 11 is 0. The topological polar surface area (TPSA) is 102 Å². The zero-order chi connectivity index (χ0) is 21.3. The number of aromatic nitrogens is 1. The van der Waals surface area contributed by atoms with Gasteiger partial charge in [0.2, 0.25) is 5.75 Å². The highest BCUT2D eigenvalue weighted by Crippen LogP contribution is 2.37. The molecule has 0 bridgehead atoms. The molecule has 2 aromatic rings. The van der Waals surface area contributed by atoms with Gasteiger partial charge in [-0.1, -0.05) is 6.07 Å². The van der Waals surface area contributed by atoms with Crippen molar-refractivity contribution in [3.05, 3.63) is 41.8 Å². The molecule has 2 heterocycles. The van der Waals surface area contributed by atoms with Gasteiger partial charge in [-0.3, -0.25) is 0 Å². The number of rotatable bonds is 10. The van der Waals surface area contributed by atoms with Crippen LogP contribution in [0.15, 0.2) is 30.5 Å². The van der Waals surface area contributed by atoms with Crippen LogP contribution in [0.3, 0.4) is 0 Å². The fourth-order valence-corrected chi connectivity index (χ4v) is 3.42. The van der Waals surface area contributed by atoms with Gasteiger partial charge in [0.15, 0.2) is 11.6 Å². The summed E-state index contributed by atoms with van der Waals surface area (Å²) in [6.45, 7) is 4.12. The third kappa shape index (κ3) is 6.34. The van der Waals surface area contributed by atoms with Gasteiger partial charge in [0, 0.05) is 23.2 Å². The second-order valence-corrected chi connectivity index (χ2v) is 7.48. The van der Waals surface area contributed by atoms with Crippen LogP contribution in [0.25, 0.3) is 0 Å². The Bertz CT molecular complexity index is 864. The number of hydrogen-bond acceptors (Lipinski definition) is 7. The van der Waals surface area contributed by atoms with E-state index in [9.17, 15) is 8.96 Å². The Hall–Kier alpha value is -2.32. The van der Waals surface area contributed by atoms with E-state index in [1.807, 2.05) is 6.92 Å². The highest BCUT2D eigenvalue weighted by atomic mass is 31.1. The molecule has 1 unspecified atom stereocenters. The molecule has 1 aliphatic rings. The Morgan fingerprint density at radius 2 is 2.13 bits per heavy atom. The maximum Gasteiger partial charge on any atom is 0.694 e. The molecule has 162 valence electrons. The van der Waals surface area contributed by atoms with E-state index in [2.05, 4.69) is 20.1 Å². The van der Waals surface area contributed by atoms with Crippen molar-refractivity contribution in [2.75, 3.05) is 31.6 Å². The summed E-state index contributed by atoms with van der Waals surface area (Å²) in [7, 11) is -2.66. The monoisotopic (exact) mass is 438 g/mol. The molecule has 0 radical (unpaired) electrons. The van der Waals surface area contributed by atoms with Crippen molar-refractivity contribution >= 4 is 19.8 Å². The molecule has 0 spiro atoms. The van der Waals surface area contributed by atoms with Crippen molar-refractivity contribution < 1.29 is 27.8 Å². The molecule has 1 fully saturated rings. The molecule has 10 heteroatoms. The maximum absolute atomic E-state index is 14.6. The molecule has 1 saturated heterocycles. The van der Waals surface area contributed by atoms with Crippen LogP contribution in [0, 0.1) is 5.82 Å². The lowest BCUT2D eigenvalue weighted by Crippen LogP contribution is -2.34. The molecule has 1 aromatic heterocycles. The second-order valence-electron chi connectivity index (χ2n) is 6.75. The zero-order valence-corrected chi connectivity index (χ0v) is 17.7. The largest absolute Gasteiger partial charge is 0.694 e. The highest BCUT2D eigenvalue weighted by Gasteiger charge is 2.20. The Morgan fingerprint density at radius 1 is 1.33 bits per heavy atom. The molecular weight excluding hydrogens is 412 g/mol. The van der Waals surface area contributed by atoms with Crippen molar-refractivity contribution in [3.63, 3.8) is 0 Å². The third-order valence-corrected chi connectivity index (χ3v) is 5.02. The molecule has 0 amide bonds. The lowest BCUT2D eigenvalue weighted by Gasteiger charge is -2.25. The first kappa shape index (κ1) is 22.4. The molecule has 30 heavy (non-hydrogen) atoms. The SMILES string of the molecule is CCOc1c(OC2CCNCC2)ccnc1Nc1ccc(CCO[P+](=O)O)cc1F. The number of benzene rings is 1. The number of ether oxygens (including phenoxy) is 2. The van der Waals surface area contributed by atoms with Crippen LogP contribution in [0.2, 0.25) is 0 Å². The Morgan fingerprint density at radius 3 is 2.83 bits per heavy atom. The van der Waals surface area contributed by atoms with Gasteiger partial charge in [-0.2, -0.15) is 0 Å². The van der Waals surface area contributed by atoms with Crippen LogP contribution in [0.1, 0.15) is 25.3 Å². The summed E-state index contributed by atoms with van der Waals surface area (Å²) in [4.78, 5) is 13.0. The Kier molecular flexibility index (Phi) is 8.33. The molecule has 0 saturated carbocycles. The van der Waals surface area contributed by atoms with E-state index in [-0.39, 0.29) is 18.4 Å². The average molecular weight is 438 g/mol. The van der Waals surface area contributed by atoms with Gasteiger partial charge in [0.05, 0.1) is 12.3 Å².